The van der Waals surface area contributed by atoms with Crippen LogP contribution in [0.2, 0.25) is 0 Å². The summed E-state index contributed by atoms with van der Waals surface area (Å²) in [5.41, 5.74) is 1.23. The van der Waals surface area contributed by atoms with E-state index in [0.29, 0.717) is 23.2 Å². The summed E-state index contributed by atoms with van der Waals surface area (Å²) in [6.07, 6.45) is 4.92. The summed E-state index contributed by atoms with van der Waals surface area (Å²) < 4.78 is 1.38. The van der Waals surface area contributed by atoms with E-state index in [1.54, 1.807) is 19.2 Å². The molecule has 0 radical (unpaired) electrons. The van der Waals surface area contributed by atoms with E-state index in [-0.39, 0.29) is 5.69 Å². The number of nitrogens with one attached hydrogen (secondary N) is 1. The second-order valence-corrected chi connectivity index (χ2v) is 4.79. The van der Waals surface area contributed by atoms with E-state index in [1.165, 1.54) is 23.3 Å². The Balaban J connectivity index is 2.47. The smallest absolute Gasteiger partial charge is 0.405 e. The molecule has 2 N–H and O–H groups in total. The summed E-state index contributed by atoms with van der Waals surface area (Å²) in [5.74, 6) is 0. The van der Waals surface area contributed by atoms with Crippen LogP contribution in [0, 0.1) is 10.1 Å². The molecule has 0 unspecified atom stereocenters. The average Bonchev–Trinajstić information content (AvgIpc) is 2.88. The molecule has 0 aromatic carbocycles. The SMILES string of the molecule is C=CC[C@H](NC(=O)O)c1cncc(-c2c([N+](=O)[O-])cnn2C)c1. The molecule has 0 aliphatic heterocycles. The van der Waals surface area contributed by atoms with Crippen LogP contribution in [0.4, 0.5) is 10.5 Å². The fourth-order valence-corrected chi connectivity index (χ4v) is 2.27. The van der Waals surface area contributed by atoms with Gasteiger partial charge in [-0.25, -0.2) is 4.79 Å². The lowest BCUT2D eigenvalue weighted by atomic mass is 10.0. The van der Waals surface area contributed by atoms with Crippen molar-refractivity contribution in [3.8, 4) is 11.3 Å². The summed E-state index contributed by atoms with van der Waals surface area (Å²) >= 11 is 0. The highest BCUT2D eigenvalue weighted by molar-refractivity contribution is 5.70. The predicted molar refractivity (Wildman–Crippen MR) is 81.8 cm³/mol. The molecule has 2 rings (SSSR count). The fraction of sp³-hybridized carbons (Fsp3) is 0.214. The molecule has 9 heteroatoms. The largest absolute Gasteiger partial charge is 0.465 e. The van der Waals surface area contributed by atoms with Gasteiger partial charge in [-0.15, -0.1) is 6.58 Å². The zero-order valence-corrected chi connectivity index (χ0v) is 12.3. The number of aromatic nitrogens is 3. The third-order valence-corrected chi connectivity index (χ3v) is 3.25. The Morgan fingerprint density at radius 1 is 1.57 bits per heavy atom. The molecule has 0 saturated carbocycles. The number of pyridine rings is 1. The molecule has 1 amide bonds. The lowest BCUT2D eigenvalue weighted by Gasteiger charge is -2.16. The minimum Gasteiger partial charge on any atom is -0.465 e. The van der Waals surface area contributed by atoms with Gasteiger partial charge in [-0.1, -0.05) is 6.08 Å². The van der Waals surface area contributed by atoms with E-state index in [2.05, 4.69) is 22.0 Å². The minimum atomic E-state index is -1.17. The van der Waals surface area contributed by atoms with Crippen LogP contribution in [0.25, 0.3) is 11.3 Å². The van der Waals surface area contributed by atoms with E-state index in [0.717, 1.165) is 0 Å². The molecule has 9 nitrogen and oxygen atoms in total. The number of rotatable bonds is 6. The van der Waals surface area contributed by atoms with Gasteiger partial charge in [-0.05, 0) is 18.1 Å². The van der Waals surface area contributed by atoms with Crippen molar-refractivity contribution < 1.29 is 14.8 Å². The van der Waals surface area contributed by atoms with Crippen molar-refractivity contribution >= 4 is 11.8 Å². The van der Waals surface area contributed by atoms with E-state index in [4.69, 9.17) is 5.11 Å². The Hall–Kier alpha value is -3.23. The van der Waals surface area contributed by atoms with Gasteiger partial charge in [0, 0.05) is 25.0 Å². The van der Waals surface area contributed by atoms with Crippen LogP contribution >= 0.6 is 0 Å². The molecule has 1 atom stereocenters. The van der Waals surface area contributed by atoms with Crippen molar-refractivity contribution in [1.82, 2.24) is 20.1 Å². The fourth-order valence-electron chi connectivity index (χ4n) is 2.27. The second-order valence-electron chi connectivity index (χ2n) is 4.79. The van der Waals surface area contributed by atoms with Crippen molar-refractivity contribution in [1.29, 1.82) is 0 Å². The average molecular weight is 317 g/mol. The number of nitro groups is 1. The maximum Gasteiger partial charge on any atom is 0.405 e. The Kier molecular flexibility index (Phi) is 4.69. The lowest BCUT2D eigenvalue weighted by molar-refractivity contribution is -0.384. The van der Waals surface area contributed by atoms with Gasteiger partial charge >= 0.3 is 11.8 Å². The first-order chi connectivity index (χ1) is 10.9. The summed E-state index contributed by atoms with van der Waals surface area (Å²) in [5, 5.41) is 26.3. The molecule has 2 aromatic rings. The van der Waals surface area contributed by atoms with Gasteiger partial charge in [-0.2, -0.15) is 5.10 Å². The Morgan fingerprint density at radius 2 is 2.30 bits per heavy atom. The van der Waals surface area contributed by atoms with Gasteiger partial charge in [0.2, 0.25) is 0 Å². The molecule has 0 spiro atoms. The van der Waals surface area contributed by atoms with Crippen LogP contribution in [-0.2, 0) is 7.05 Å². The second kappa shape index (κ2) is 6.69. The number of carbonyl (C=O) groups is 1. The molecule has 0 bridgehead atoms. The number of amides is 1. The standard InChI is InChI=1S/C14H15N5O4/c1-3-4-11(17-14(20)21)9-5-10(7-15-6-9)13-12(19(22)23)8-16-18(13)2/h3,5-8,11,17H,1,4H2,2H3,(H,20,21)/t11-/m0/s1. The maximum absolute atomic E-state index is 11.1. The van der Waals surface area contributed by atoms with Gasteiger partial charge in [0.15, 0.2) is 0 Å². The van der Waals surface area contributed by atoms with Crippen molar-refractivity contribution in [2.45, 2.75) is 12.5 Å². The highest BCUT2D eigenvalue weighted by Crippen LogP contribution is 2.30. The van der Waals surface area contributed by atoms with E-state index in [9.17, 15) is 14.9 Å². The van der Waals surface area contributed by atoms with Gasteiger partial charge in [0.1, 0.15) is 11.9 Å². The first-order valence-corrected chi connectivity index (χ1v) is 6.66. The molecule has 2 aromatic heterocycles. The van der Waals surface area contributed by atoms with Crippen LogP contribution in [0.5, 0.6) is 0 Å². The third kappa shape index (κ3) is 3.51. The summed E-state index contributed by atoms with van der Waals surface area (Å²) in [7, 11) is 1.59. The zero-order valence-electron chi connectivity index (χ0n) is 12.3. The van der Waals surface area contributed by atoms with Crippen molar-refractivity contribution in [2.75, 3.05) is 0 Å². The third-order valence-electron chi connectivity index (χ3n) is 3.25. The van der Waals surface area contributed by atoms with Crippen LogP contribution in [0.1, 0.15) is 18.0 Å². The zero-order chi connectivity index (χ0) is 17.0. The molecule has 23 heavy (non-hydrogen) atoms. The van der Waals surface area contributed by atoms with Gasteiger partial charge < -0.3 is 10.4 Å². The first-order valence-electron chi connectivity index (χ1n) is 6.66. The molecule has 120 valence electrons. The maximum atomic E-state index is 11.1. The Morgan fingerprint density at radius 3 is 2.91 bits per heavy atom. The van der Waals surface area contributed by atoms with E-state index < -0.39 is 17.1 Å². The number of carboxylic acid groups (broad SMARTS) is 1. The van der Waals surface area contributed by atoms with Crippen LogP contribution in [0.15, 0.2) is 37.3 Å². The Bertz CT molecular complexity index is 755. The van der Waals surface area contributed by atoms with Crippen LogP contribution < -0.4 is 5.32 Å². The monoisotopic (exact) mass is 317 g/mol. The number of hydrogen-bond acceptors (Lipinski definition) is 5. The quantitative estimate of drug-likeness (QED) is 0.478. The summed E-state index contributed by atoms with van der Waals surface area (Å²) in [6, 6.07) is 1.12. The highest BCUT2D eigenvalue weighted by Gasteiger charge is 2.22. The van der Waals surface area contributed by atoms with Crippen molar-refractivity contribution in [2.24, 2.45) is 7.05 Å². The predicted octanol–water partition coefficient (Wildman–Crippen LogP) is 2.28. The molecular weight excluding hydrogens is 302 g/mol. The van der Waals surface area contributed by atoms with Crippen molar-refractivity contribution in [3.63, 3.8) is 0 Å². The van der Waals surface area contributed by atoms with Gasteiger partial charge in [0.25, 0.3) is 0 Å². The van der Waals surface area contributed by atoms with Crippen LogP contribution in [-0.4, -0.2) is 30.9 Å². The normalized spacial score (nSPS) is 11.7. The van der Waals surface area contributed by atoms with Crippen LogP contribution in [0.3, 0.4) is 0 Å². The molecule has 0 saturated heterocycles. The molecular formula is C14H15N5O4. The van der Waals surface area contributed by atoms with E-state index >= 15 is 0 Å². The number of nitrogens with zero attached hydrogens (tertiary/aromatic N) is 4. The molecule has 2 heterocycles. The van der Waals surface area contributed by atoms with Gasteiger partial charge in [-0.3, -0.25) is 19.8 Å². The highest BCUT2D eigenvalue weighted by atomic mass is 16.6. The van der Waals surface area contributed by atoms with Gasteiger partial charge in [0.05, 0.1) is 11.0 Å². The molecule has 0 aliphatic carbocycles. The number of aryl methyl sites for hydroxylation is 1. The molecule has 0 fully saturated rings. The number of hydrogen-bond donors (Lipinski definition) is 2. The molecule has 0 aliphatic rings. The summed E-state index contributed by atoms with van der Waals surface area (Å²) in [6.45, 7) is 3.60. The van der Waals surface area contributed by atoms with E-state index in [1.807, 2.05) is 0 Å². The Labute approximate surface area is 131 Å². The van der Waals surface area contributed by atoms with Crippen molar-refractivity contribution in [3.05, 3.63) is 53.0 Å². The lowest BCUT2D eigenvalue weighted by Crippen LogP contribution is -2.26. The summed E-state index contributed by atoms with van der Waals surface area (Å²) in [4.78, 5) is 25.5. The first kappa shape index (κ1) is 16.1. The minimum absolute atomic E-state index is 0.141. The topological polar surface area (TPSA) is 123 Å².